The number of hydrogen-bond acceptors (Lipinski definition) is 5. The number of carboxylic acid groups (broad SMARTS) is 1. The SMILES string of the molecule is O=C(O)c1cc(S(=O)(=O)NCCC2CCCO2)c(Br)s1. The van der Waals surface area contributed by atoms with Crippen molar-refractivity contribution in [2.24, 2.45) is 0 Å². The molecule has 112 valence electrons. The van der Waals surface area contributed by atoms with Gasteiger partial charge >= 0.3 is 5.97 Å². The highest BCUT2D eigenvalue weighted by Crippen LogP contribution is 2.31. The largest absolute Gasteiger partial charge is 0.477 e. The van der Waals surface area contributed by atoms with Gasteiger partial charge in [-0.25, -0.2) is 17.9 Å². The first-order valence-corrected chi connectivity index (χ1v) is 9.13. The minimum Gasteiger partial charge on any atom is -0.477 e. The van der Waals surface area contributed by atoms with Crippen molar-refractivity contribution in [2.75, 3.05) is 13.2 Å². The average Bonchev–Trinajstić information content (AvgIpc) is 2.98. The fraction of sp³-hybridized carbons (Fsp3) is 0.545. The lowest BCUT2D eigenvalue weighted by molar-refractivity contribution is 0.0702. The first-order valence-electron chi connectivity index (χ1n) is 6.04. The second-order valence-electron chi connectivity index (χ2n) is 4.38. The number of nitrogens with one attached hydrogen (secondary N) is 1. The van der Waals surface area contributed by atoms with E-state index in [1.165, 1.54) is 0 Å². The summed E-state index contributed by atoms with van der Waals surface area (Å²) in [6.07, 6.45) is 2.69. The predicted molar refractivity (Wildman–Crippen MR) is 77.8 cm³/mol. The van der Waals surface area contributed by atoms with Gasteiger partial charge in [-0.1, -0.05) is 0 Å². The van der Waals surface area contributed by atoms with Crippen LogP contribution in [0.4, 0.5) is 0 Å². The van der Waals surface area contributed by atoms with E-state index in [0.29, 0.717) is 10.2 Å². The van der Waals surface area contributed by atoms with Crippen LogP contribution in [0.2, 0.25) is 0 Å². The van der Waals surface area contributed by atoms with E-state index in [9.17, 15) is 13.2 Å². The summed E-state index contributed by atoms with van der Waals surface area (Å²) in [6, 6.07) is 1.16. The molecule has 2 rings (SSSR count). The Hall–Kier alpha value is -0.480. The van der Waals surface area contributed by atoms with Crippen LogP contribution in [0.5, 0.6) is 0 Å². The second kappa shape index (κ2) is 6.52. The van der Waals surface area contributed by atoms with Crippen LogP contribution >= 0.6 is 27.3 Å². The summed E-state index contributed by atoms with van der Waals surface area (Å²) in [5, 5.41) is 8.87. The van der Waals surface area contributed by atoms with Crippen LogP contribution in [0.3, 0.4) is 0 Å². The summed E-state index contributed by atoms with van der Waals surface area (Å²) in [5.74, 6) is -1.14. The highest BCUT2D eigenvalue weighted by atomic mass is 79.9. The summed E-state index contributed by atoms with van der Waals surface area (Å²) in [5.41, 5.74) is 0. The molecule has 2 heterocycles. The van der Waals surface area contributed by atoms with Crippen molar-refractivity contribution >= 4 is 43.3 Å². The van der Waals surface area contributed by atoms with Crippen LogP contribution in [0.25, 0.3) is 0 Å². The van der Waals surface area contributed by atoms with Gasteiger partial charge in [-0.2, -0.15) is 0 Å². The van der Waals surface area contributed by atoms with Gasteiger partial charge in [-0.05, 0) is 41.3 Å². The van der Waals surface area contributed by atoms with E-state index in [0.717, 1.165) is 36.9 Å². The van der Waals surface area contributed by atoms with Gasteiger partial charge in [0.05, 0.1) is 9.89 Å². The lowest BCUT2D eigenvalue weighted by atomic mass is 10.2. The van der Waals surface area contributed by atoms with E-state index < -0.39 is 16.0 Å². The molecular weight excluding hydrogens is 370 g/mol. The molecule has 0 amide bonds. The van der Waals surface area contributed by atoms with E-state index in [1.807, 2.05) is 0 Å². The van der Waals surface area contributed by atoms with Gasteiger partial charge in [0.1, 0.15) is 9.77 Å². The minimum absolute atomic E-state index is 0.0172. The topological polar surface area (TPSA) is 92.7 Å². The Labute approximate surface area is 129 Å². The highest BCUT2D eigenvalue weighted by Gasteiger charge is 2.23. The summed E-state index contributed by atoms with van der Waals surface area (Å²) in [6.45, 7) is 1.01. The maximum absolute atomic E-state index is 12.1. The molecule has 0 bridgehead atoms. The van der Waals surface area contributed by atoms with Crippen molar-refractivity contribution in [3.8, 4) is 0 Å². The van der Waals surface area contributed by atoms with Gasteiger partial charge in [-0.3, -0.25) is 0 Å². The predicted octanol–water partition coefficient (Wildman–Crippen LogP) is 2.06. The first kappa shape index (κ1) is 15.9. The number of halogens is 1. The number of thiophene rings is 1. The summed E-state index contributed by atoms with van der Waals surface area (Å²) in [7, 11) is -3.70. The zero-order chi connectivity index (χ0) is 14.8. The number of hydrogen-bond donors (Lipinski definition) is 2. The Kier molecular flexibility index (Phi) is 5.19. The summed E-state index contributed by atoms with van der Waals surface area (Å²) in [4.78, 5) is 10.8. The Bertz CT molecular complexity index is 592. The van der Waals surface area contributed by atoms with E-state index in [-0.39, 0.29) is 22.4 Å². The van der Waals surface area contributed by atoms with Crippen LogP contribution in [-0.2, 0) is 14.8 Å². The number of aromatic carboxylic acids is 1. The fourth-order valence-corrected chi connectivity index (χ4v) is 5.39. The lowest BCUT2D eigenvalue weighted by Gasteiger charge is -2.10. The Morgan fingerprint density at radius 3 is 2.90 bits per heavy atom. The van der Waals surface area contributed by atoms with Crippen molar-refractivity contribution < 1.29 is 23.1 Å². The average molecular weight is 384 g/mol. The van der Waals surface area contributed by atoms with Crippen LogP contribution in [0.1, 0.15) is 28.9 Å². The van der Waals surface area contributed by atoms with Gasteiger partial charge in [0.25, 0.3) is 0 Å². The van der Waals surface area contributed by atoms with E-state index in [4.69, 9.17) is 9.84 Å². The molecule has 1 atom stereocenters. The van der Waals surface area contributed by atoms with Gasteiger partial charge < -0.3 is 9.84 Å². The highest BCUT2D eigenvalue weighted by molar-refractivity contribution is 9.11. The monoisotopic (exact) mass is 383 g/mol. The molecule has 6 nitrogen and oxygen atoms in total. The zero-order valence-electron chi connectivity index (χ0n) is 10.5. The molecule has 2 N–H and O–H groups in total. The minimum atomic E-state index is -3.70. The lowest BCUT2D eigenvalue weighted by Crippen LogP contribution is -2.27. The van der Waals surface area contributed by atoms with Crippen molar-refractivity contribution in [1.82, 2.24) is 4.72 Å². The molecule has 0 aromatic carbocycles. The maximum Gasteiger partial charge on any atom is 0.345 e. The molecule has 1 aliphatic rings. The Morgan fingerprint density at radius 2 is 2.35 bits per heavy atom. The maximum atomic E-state index is 12.1. The smallest absolute Gasteiger partial charge is 0.345 e. The third-order valence-corrected chi connectivity index (χ3v) is 6.64. The molecule has 0 saturated carbocycles. The molecular formula is C11H14BrNO5S2. The van der Waals surface area contributed by atoms with Crippen molar-refractivity contribution in [1.29, 1.82) is 0 Å². The number of carbonyl (C=O) groups is 1. The van der Waals surface area contributed by atoms with Crippen molar-refractivity contribution in [3.63, 3.8) is 0 Å². The normalized spacial score (nSPS) is 19.4. The van der Waals surface area contributed by atoms with Crippen LogP contribution in [0, 0.1) is 0 Å². The van der Waals surface area contributed by atoms with Gasteiger partial charge in [0.15, 0.2) is 0 Å². The van der Waals surface area contributed by atoms with Gasteiger partial charge in [0, 0.05) is 13.2 Å². The van der Waals surface area contributed by atoms with Crippen LogP contribution in [0.15, 0.2) is 14.7 Å². The second-order valence-corrected chi connectivity index (χ2v) is 8.48. The molecule has 1 aromatic rings. The standard InChI is InChI=1S/C11H14BrNO5S2/c12-10-9(6-8(19-10)11(14)15)20(16,17)13-4-3-7-2-1-5-18-7/h6-7,13H,1-5H2,(H,14,15). The van der Waals surface area contributed by atoms with E-state index in [1.54, 1.807) is 0 Å². The third kappa shape index (κ3) is 3.79. The zero-order valence-corrected chi connectivity index (χ0v) is 13.7. The molecule has 0 spiro atoms. The van der Waals surface area contributed by atoms with E-state index in [2.05, 4.69) is 20.7 Å². The molecule has 9 heteroatoms. The number of ether oxygens (including phenoxy) is 1. The fourth-order valence-electron chi connectivity index (χ4n) is 1.94. The van der Waals surface area contributed by atoms with Crippen LogP contribution < -0.4 is 4.72 Å². The van der Waals surface area contributed by atoms with Crippen LogP contribution in [-0.4, -0.2) is 38.7 Å². The van der Waals surface area contributed by atoms with Gasteiger partial charge in [0.2, 0.25) is 10.0 Å². The Balaban J connectivity index is 2.00. The first-order chi connectivity index (χ1) is 9.40. The summed E-state index contributed by atoms with van der Waals surface area (Å²) < 4.78 is 32.4. The molecule has 0 aliphatic carbocycles. The summed E-state index contributed by atoms with van der Waals surface area (Å²) >= 11 is 3.97. The van der Waals surface area contributed by atoms with Crippen molar-refractivity contribution in [2.45, 2.75) is 30.3 Å². The van der Waals surface area contributed by atoms with Crippen molar-refractivity contribution in [3.05, 3.63) is 14.7 Å². The molecule has 0 radical (unpaired) electrons. The Morgan fingerprint density at radius 1 is 1.60 bits per heavy atom. The molecule has 1 saturated heterocycles. The number of sulfonamides is 1. The number of rotatable bonds is 6. The van der Waals surface area contributed by atoms with E-state index >= 15 is 0 Å². The molecule has 1 aliphatic heterocycles. The molecule has 20 heavy (non-hydrogen) atoms. The molecule has 1 fully saturated rings. The number of carboxylic acids is 1. The third-order valence-electron chi connectivity index (χ3n) is 2.94. The molecule has 1 aromatic heterocycles. The van der Waals surface area contributed by atoms with Gasteiger partial charge in [-0.15, -0.1) is 11.3 Å². The quantitative estimate of drug-likeness (QED) is 0.783. The molecule has 1 unspecified atom stereocenters.